The third kappa shape index (κ3) is 2.64. The number of aryl methyl sites for hydroxylation is 1. The fourth-order valence-electron chi connectivity index (χ4n) is 2.26. The first kappa shape index (κ1) is 12.9. The van der Waals surface area contributed by atoms with Gasteiger partial charge < -0.3 is 15.0 Å². The first-order valence-electron chi connectivity index (χ1n) is 6.31. The molecule has 1 saturated heterocycles. The van der Waals surface area contributed by atoms with Crippen molar-refractivity contribution in [3.05, 3.63) is 29.3 Å². The zero-order valence-electron chi connectivity index (χ0n) is 11.2. The van der Waals surface area contributed by atoms with E-state index >= 15 is 0 Å². The summed E-state index contributed by atoms with van der Waals surface area (Å²) in [5.74, 6) is 0.0934. The van der Waals surface area contributed by atoms with Crippen molar-refractivity contribution in [1.82, 2.24) is 4.90 Å². The molecule has 4 nitrogen and oxygen atoms in total. The van der Waals surface area contributed by atoms with Gasteiger partial charge in [-0.2, -0.15) is 0 Å². The van der Waals surface area contributed by atoms with Gasteiger partial charge in [-0.05, 0) is 37.6 Å². The summed E-state index contributed by atoms with van der Waals surface area (Å²) in [5.41, 5.74) is 2.90. The van der Waals surface area contributed by atoms with Gasteiger partial charge in [-0.1, -0.05) is 0 Å². The molecule has 2 rings (SSSR count). The van der Waals surface area contributed by atoms with Gasteiger partial charge in [0.05, 0.1) is 12.7 Å². The number of ether oxygens (including phenoxy) is 1. The number of nitrogens with zero attached hydrogens (tertiary/aromatic N) is 1. The Morgan fingerprint density at radius 3 is 2.89 bits per heavy atom. The molecule has 1 amide bonds. The highest BCUT2D eigenvalue weighted by Gasteiger charge is 2.22. The number of rotatable bonds is 2. The van der Waals surface area contributed by atoms with Gasteiger partial charge in [0, 0.05) is 31.4 Å². The third-order valence-electron chi connectivity index (χ3n) is 3.27. The van der Waals surface area contributed by atoms with E-state index in [1.54, 1.807) is 0 Å². The van der Waals surface area contributed by atoms with Crippen molar-refractivity contribution < 1.29 is 9.53 Å². The lowest BCUT2D eigenvalue weighted by atomic mass is 10.1. The van der Waals surface area contributed by atoms with Crippen molar-refractivity contribution in [2.75, 3.05) is 32.1 Å². The summed E-state index contributed by atoms with van der Waals surface area (Å²) >= 11 is 0. The minimum atomic E-state index is 0.0934. The Kier molecular flexibility index (Phi) is 3.87. The molecule has 1 unspecified atom stereocenters. The van der Waals surface area contributed by atoms with E-state index in [9.17, 15) is 4.79 Å². The van der Waals surface area contributed by atoms with Crippen LogP contribution in [0.4, 0.5) is 5.69 Å². The van der Waals surface area contributed by atoms with Crippen LogP contribution < -0.4 is 5.32 Å². The summed E-state index contributed by atoms with van der Waals surface area (Å²) in [6.07, 6.45) is 0.125. The molecular weight excluding hydrogens is 228 g/mol. The van der Waals surface area contributed by atoms with Crippen LogP contribution in [-0.4, -0.2) is 43.7 Å². The number of anilines is 1. The average molecular weight is 248 g/mol. The Bertz CT molecular complexity index is 445. The molecular formula is C14H20N2O2. The lowest BCUT2D eigenvalue weighted by Crippen LogP contribution is -2.44. The van der Waals surface area contributed by atoms with Crippen LogP contribution in [0.1, 0.15) is 22.8 Å². The fraction of sp³-hybridized carbons (Fsp3) is 0.500. The summed E-state index contributed by atoms with van der Waals surface area (Å²) in [6, 6.07) is 5.77. The highest BCUT2D eigenvalue weighted by molar-refractivity contribution is 5.95. The predicted octanol–water partition coefficient (Wildman–Crippen LogP) is 1.90. The van der Waals surface area contributed by atoms with Gasteiger partial charge in [-0.15, -0.1) is 0 Å². The third-order valence-corrected chi connectivity index (χ3v) is 3.27. The smallest absolute Gasteiger partial charge is 0.254 e. The molecule has 18 heavy (non-hydrogen) atoms. The molecule has 1 N–H and O–H groups in total. The number of amides is 1. The van der Waals surface area contributed by atoms with Gasteiger partial charge in [-0.3, -0.25) is 4.79 Å². The lowest BCUT2D eigenvalue weighted by Gasteiger charge is -2.31. The second-order valence-electron chi connectivity index (χ2n) is 4.71. The zero-order valence-corrected chi connectivity index (χ0v) is 11.2. The van der Waals surface area contributed by atoms with E-state index in [1.807, 2.05) is 44.0 Å². The second kappa shape index (κ2) is 5.40. The molecule has 1 heterocycles. The molecule has 1 fully saturated rings. The van der Waals surface area contributed by atoms with Crippen LogP contribution in [0.3, 0.4) is 0 Å². The summed E-state index contributed by atoms with van der Waals surface area (Å²) < 4.78 is 5.45. The second-order valence-corrected chi connectivity index (χ2v) is 4.71. The maximum absolute atomic E-state index is 12.3. The molecule has 98 valence electrons. The van der Waals surface area contributed by atoms with Crippen molar-refractivity contribution in [2.24, 2.45) is 0 Å². The monoisotopic (exact) mass is 248 g/mol. The SMILES string of the molecule is CNc1ccc(C(=O)N2CCOC(C)C2)cc1C. The molecule has 1 aromatic rings. The van der Waals surface area contributed by atoms with E-state index in [-0.39, 0.29) is 12.0 Å². The van der Waals surface area contributed by atoms with Crippen molar-refractivity contribution in [1.29, 1.82) is 0 Å². The normalized spacial score (nSPS) is 19.7. The lowest BCUT2D eigenvalue weighted by molar-refractivity contribution is -0.0124. The van der Waals surface area contributed by atoms with Gasteiger partial charge >= 0.3 is 0 Å². The van der Waals surface area contributed by atoms with Crippen molar-refractivity contribution in [2.45, 2.75) is 20.0 Å². The Morgan fingerprint density at radius 2 is 2.28 bits per heavy atom. The Morgan fingerprint density at radius 1 is 1.50 bits per heavy atom. The molecule has 1 aromatic carbocycles. The minimum Gasteiger partial charge on any atom is -0.388 e. The molecule has 0 aromatic heterocycles. The van der Waals surface area contributed by atoms with E-state index in [2.05, 4.69) is 5.32 Å². The number of hydrogen-bond acceptors (Lipinski definition) is 3. The van der Waals surface area contributed by atoms with Crippen LogP contribution in [0.15, 0.2) is 18.2 Å². The Hall–Kier alpha value is -1.55. The molecule has 1 aliphatic heterocycles. The van der Waals surface area contributed by atoms with Gasteiger partial charge in [0.2, 0.25) is 0 Å². The van der Waals surface area contributed by atoms with Crippen LogP contribution in [0.25, 0.3) is 0 Å². The standard InChI is InChI=1S/C14H20N2O2/c1-10-8-12(4-5-13(10)15-3)14(17)16-6-7-18-11(2)9-16/h4-5,8,11,15H,6-7,9H2,1-3H3. The first-order chi connectivity index (χ1) is 8.61. The average Bonchev–Trinajstić information content (AvgIpc) is 2.37. The van der Waals surface area contributed by atoms with Gasteiger partial charge in [0.1, 0.15) is 0 Å². The number of carbonyl (C=O) groups is 1. The molecule has 0 bridgehead atoms. The van der Waals surface area contributed by atoms with Gasteiger partial charge in [-0.25, -0.2) is 0 Å². The van der Waals surface area contributed by atoms with Crippen LogP contribution in [0.2, 0.25) is 0 Å². The van der Waals surface area contributed by atoms with Gasteiger partial charge in [0.25, 0.3) is 5.91 Å². The quantitative estimate of drug-likeness (QED) is 0.869. The Labute approximate surface area is 108 Å². The van der Waals surface area contributed by atoms with Crippen LogP contribution >= 0.6 is 0 Å². The fourth-order valence-corrected chi connectivity index (χ4v) is 2.26. The van der Waals surface area contributed by atoms with Gasteiger partial charge in [0.15, 0.2) is 0 Å². The van der Waals surface area contributed by atoms with E-state index in [4.69, 9.17) is 4.74 Å². The van der Waals surface area contributed by atoms with E-state index in [0.717, 1.165) is 16.8 Å². The molecule has 0 aliphatic carbocycles. The van der Waals surface area contributed by atoms with Crippen LogP contribution in [0.5, 0.6) is 0 Å². The molecule has 1 atom stereocenters. The maximum Gasteiger partial charge on any atom is 0.254 e. The minimum absolute atomic E-state index is 0.0934. The summed E-state index contributed by atoms with van der Waals surface area (Å²) in [7, 11) is 1.88. The Balaban J connectivity index is 2.15. The number of benzene rings is 1. The molecule has 1 aliphatic rings. The summed E-state index contributed by atoms with van der Waals surface area (Å²) in [5, 5.41) is 3.10. The van der Waals surface area contributed by atoms with Crippen LogP contribution in [0, 0.1) is 6.92 Å². The molecule has 0 radical (unpaired) electrons. The maximum atomic E-state index is 12.3. The first-order valence-corrected chi connectivity index (χ1v) is 6.31. The van der Waals surface area contributed by atoms with Crippen molar-refractivity contribution >= 4 is 11.6 Å². The number of hydrogen-bond donors (Lipinski definition) is 1. The topological polar surface area (TPSA) is 41.6 Å². The van der Waals surface area contributed by atoms with Crippen molar-refractivity contribution in [3.8, 4) is 0 Å². The van der Waals surface area contributed by atoms with E-state index in [1.165, 1.54) is 0 Å². The number of nitrogens with one attached hydrogen (secondary N) is 1. The predicted molar refractivity (Wildman–Crippen MR) is 72.0 cm³/mol. The van der Waals surface area contributed by atoms with E-state index < -0.39 is 0 Å². The highest BCUT2D eigenvalue weighted by atomic mass is 16.5. The molecule has 0 spiro atoms. The van der Waals surface area contributed by atoms with Crippen LogP contribution in [-0.2, 0) is 4.74 Å². The highest BCUT2D eigenvalue weighted by Crippen LogP contribution is 2.18. The summed E-state index contributed by atoms with van der Waals surface area (Å²) in [6.45, 7) is 5.97. The van der Waals surface area contributed by atoms with E-state index in [0.29, 0.717) is 19.7 Å². The largest absolute Gasteiger partial charge is 0.388 e. The molecule has 4 heteroatoms. The number of carbonyl (C=O) groups excluding carboxylic acids is 1. The van der Waals surface area contributed by atoms with Crippen molar-refractivity contribution in [3.63, 3.8) is 0 Å². The number of morpholine rings is 1. The summed E-state index contributed by atoms with van der Waals surface area (Å²) in [4.78, 5) is 14.2. The molecule has 0 saturated carbocycles. The zero-order chi connectivity index (χ0) is 13.1.